The van der Waals surface area contributed by atoms with E-state index in [2.05, 4.69) is 0 Å². The highest BCUT2D eigenvalue weighted by atomic mass is 32.2. The third-order valence-electron chi connectivity index (χ3n) is 6.21. The molecule has 0 bridgehead atoms. The molecule has 2 aromatic carbocycles. The molecule has 1 aromatic heterocycles. The molecular formula is C24H24F4N2O3S2. The van der Waals surface area contributed by atoms with Gasteiger partial charge in [0.15, 0.2) is 5.60 Å². The minimum atomic E-state index is -4.84. The highest BCUT2D eigenvalue weighted by Crippen LogP contribution is 2.39. The summed E-state index contributed by atoms with van der Waals surface area (Å²) in [6, 6.07) is 14.2. The Bertz CT molecular complexity index is 1260. The monoisotopic (exact) mass is 528 g/mol. The maximum atomic E-state index is 13.8. The molecule has 0 spiro atoms. The Balaban J connectivity index is 1.64. The smallest absolute Gasteiger partial charge is 0.376 e. The van der Waals surface area contributed by atoms with Crippen molar-refractivity contribution in [1.29, 1.82) is 0 Å². The molecule has 0 amide bonds. The molecule has 2 atom stereocenters. The van der Waals surface area contributed by atoms with Crippen molar-refractivity contribution < 1.29 is 31.1 Å². The molecule has 0 aliphatic carbocycles. The molecule has 4 rings (SSSR count). The largest absolute Gasteiger partial charge is 0.421 e. The lowest BCUT2D eigenvalue weighted by molar-refractivity contribution is -0.258. The van der Waals surface area contributed by atoms with Crippen LogP contribution in [0.5, 0.6) is 0 Å². The first kappa shape index (κ1) is 25.6. The number of hydrogen-bond acceptors (Lipinski definition) is 5. The zero-order valence-electron chi connectivity index (χ0n) is 18.7. The number of nitrogens with zero attached hydrogens (tertiary/aromatic N) is 2. The maximum absolute atomic E-state index is 13.8. The minimum Gasteiger partial charge on any atom is -0.376 e. The van der Waals surface area contributed by atoms with E-state index in [1.165, 1.54) is 40.7 Å². The van der Waals surface area contributed by atoms with Crippen LogP contribution in [-0.2, 0) is 22.0 Å². The van der Waals surface area contributed by atoms with Crippen LogP contribution >= 0.6 is 11.3 Å². The lowest BCUT2D eigenvalue weighted by Crippen LogP contribution is -2.55. The van der Waals surface area contributed by atoms with Gasteiger partial charge in [0.1, 0.15) is 10.0 Å². The summed E-state index contributed by atoms with van der Waals surface area (Å²) in [5.74, 6) is -0.411. The van der Waals surface area contributed by atoms with E-state index >= 15 is 0 Å². The third kappa shape index (κ3) is 5.23. The molecule has 2 heterocycles. The molecule has 3 aromatic rings. The predicted molar refractivity (Wildman–Crippen MR) is 126 cm³/mol. The second-order valence-electron chi connectivity index (χ2n) is 8.59. The number of alkyl halides is 3. The number of anilines is 1. The number of benzene rings is 2. The standard InChI is InChI=1S/C24H24F4N2O3S2/c1-23(31,24(26,27)28)18-7-9-20(10-8-18)30-12-11-29(35(32,33)22-6-3-13-34-22)16-21(30)15-17-4-2-5-19(25)14-17/h2-10,13-14,21,31H,11-12,15-16H2,1H3. The Kier molecular flexibility index (Phi) is 6.98. The van der Waals surface area contributed by atoms with Crippen LogP contribution in [0.4, 0.5) is 23.2 Å². The van der Waals surface area contributed by atoms with E-state index in [-0.39, 0.29) is 22.9 Å². The fourth-order valence-corrected chi connectivity index (χ4v) is 6.79. The zero-order valence-corrected chi connectivity index (χ0v) is 20.4. The van der Waals surface area contributed by atoms with Gasteiger partial charge in [-0.25, -0.2) is 12.8 Å². The normalized spacial score (nSPS) is 19.5. The van der Waals surface area contributed by atoms with Crippen LogP contribution in [0.1, 0.15) is 18.1 Å². The summed E-state index contributed by atoms with van der Waals surface area (Å²) in [6.45, 7) is 1.29. The van der Waals surface area contributed by atoms with Crippen LogP contribution in [0, 0.1) is 5.82 Å². The first-order valence-electron chi connectivity index (χ1n) is 10.8. The zero-order chi connectivity index (χ0) is 25.4. The molecule has 1 aliphatic rings. The van der Waals surface area contributed by atoms with Crippen molar-refractivity contribution in [3.8, 4) is 0 Å². The predicted octanol–water partition coefficient (Wildman–Crippen LogP) is 4.78. The van der Waals surface area contributed by atoms with Gasteiger partial charge in [0.05, 0.1) is 0 Å². The summed E-state index contributed by atoms with van der Waals surface area (Å²) < 4.78 is 81.4. The molecule has 0 radical (unpaired) electrons. The van der Waals surface area contributed by atoms with Crippen molar-refractivity contribution in [1.82, 2.24) is 4.31 Å². The Morgan fingerprint density at radius 2 is 1.77 bits per heavy atom. The van der Waals surface area contributed by atoms with Gasteiger partial charge in [0, 0.05) is 31.4 Å². The minimum absolute atomic E-state index is 0.124. The third-order valence-corrected chi connectivity index (χ3v) is 9.45. The first-order valence-corrected chi connectivity index (χ1v) is 13.2. The van der Waals surface area contributed by atoms with Crippen molar-refractivity contribution in [2.24, 2.45) is 0 Å². The van der Waals surface area contributed by atoms with E-state index in [4.69, 9.17) is 0 Å². The number of aliphatic hydroxyl groups is 1. The number of thiophene rings is 1. The second kappa shape index (κ2) is 9.53. The summed E-state index contributed by atoms with van der Waals surface area (Å²) in [6.07, 6.45) is -4.51. The molecule has 5 nitrogen and oxygen atoms in total. The highest BCUT2D eigenvalue weighted by Gasteiger charge is 2.51. The number of sulfonamides is 1. The SMILES string of the molecule is CC(O)(c1ccc(N2CCN(S(=O)(=O)c3cccs3)CC2Cc2cccc(F)c2)cc1)C(F)(F)F. The van der Waals surface area contributed by atoms with E-state index < -0.39 is 33.7 Å². The summed E-state index contributed by atoms with van der Waals surface area (Å²) in [5.41, 5.74) is -2.04. The van der Waals surface area contributed by atoms with E-state index in [0.717, 1.165) is 11.3 Å². The molecule has 2 unspecified atom stereocenters. The van der Waals surface area contributed by atoms with Crippen molar-refractivity contribution >= 4 is 27.0 Å². The average Bonchev–Trinajstić information content (AvgIpc) is 3.34. The van der Waals surface area contributed by atoms with Gasteiger partial charge in [0.25, 0.3) is 10.0 Å². The molecule has 11 heteroatoms. The van der Waals surface area contributed by atoms with Gasteiger partial charge < -0.3 is 10.0 Å². The summed E-state index contributed by atoms with van der Waals surface area (Å²) in [4.78, 5) is 1.91. The second-order valence-corrected chi connectivity index (χ2v) is 11.7. The van der Waals surface area contributed by atoms with Crippen molar-refractivity contribution in [3.05, 3.63) is 83.0 Å². The Hall–Kier alpha value is -2.47. The van der Waals surface area contributed by atoms with Gasteiger partial charge >= 0.3 is 6.18 Å². The number of piperazine rings is 1. The fraction of sp³-hybridized carbons (Fsp3) is 0.333. The summed E-state index contributed by atoms with van der Waals surface area (Å²) >= 11 is 1.13. The topological polar surface area (TPSA) is 60.9 Å². The van der Waals surface area contributed by atoms with Crippen molar-refractivity contribution in [3.63, 3.8) is 0 Å². The molecule has 1 N–H and O–H groups in total. The lowest BCUT2D eigenvalue weighted by atomic mass is 9.94. The summed E-state index contributed by atoms with van der Waals surface area (Å²) in [5, 5.41) is 11.6. The molecule has 1 fully saturated rings. The molecule has 188 valence electrons. The van der Waals surface area contributed by atoms with Gasteiger partial charge in [-0.1, -0.05) is 30.3 Å². The number of hydrogen-bond donors (Lipinski definition) is 1. The van der Waals surface area contributed by atoms with Crippen molar-refractivity contribution in [2.75, 3.05) is 24.5 Å². The fourth-order valence-electron chi connectivity index (χ4n) is 4.17. The quantitative estimate of drug-likeness (QED) is 0.468. The van der Waals surface area contributed by atoms with Crippen molar-refractivity contribution in [2.45, 2.75) is 35.4 Å². The molecule has 1 saturated heterocycles. The van der Waals surface area contributed by atoms with E-state index in [1.54, 1.807) is 29.6 Å². The highest BCUT2D eigenvalue weighted by molar-refractivity contribution is 7.91. The maximum Gasteiger partial charge on any atom is 0.421 e. The molecule has 0 saturated carbocycles. The van der Waals surface area contributed by atoms with Gasteiger partial charge in [-0.05, 0) is 60.2 Å². The number of halogens is 4. The van der Waals surface area contributed by atoms with Gasteiger partial charge in [-0.3, -0.25) is 0 Å². The van der Waals surface area contributed by atoms with E-state index in [1.807, 2.05) is 4.90 Å². The molecule has 1 aliphatic heterocycles. The van der Waals surface area contributed by atoms with Crippen LogP contribution in [0.3, 0.4) is 0 Å². The van der Waals surface area contributed by atoms with Gasteiger partial charge in [-0.15, -0.1) is 11.3 Å². The first-order chi connectivity index (χ1) is 16.4. The van der Waals surface area contributed by atoms with E-state index in [0.29, 0.717) is 31.1 Å². The van der Waals surface area contributed by atoms with Gasteiger partial charge in [-0.2, -0.15) is 17.5 Å². The van der Waals surface area contributed by atoms with Crippen LogP contribution < -0.4 is 4.90 Å². The Morgan fingerprint density at radius 1 is 1.06 bits per heavy atom. The average molecular weight is 529 g/mol. The van der Waals surface area contributed by atoms with Crippen LogP contribution in [-0.4, -0.2) is 49.7 Å². The lowest BCUT2D eigenvalue weighted by Gasteiger charge is -2.42. The van der Waals surface area contributed by atoms with Gasteiger partial charge in [0.2, 0.25) is 0 Å². The van der Waals surface area contributed by atoms with Crippen LogP contribution in [0.15, 0.2) is 70.3 Å². The molecular weight excluding hydrogens is 504 g/mol. The molecule has 35 heavy (non-hydrogen) atoms. The Morgan fingerprint density at radius 3 is 2.37 bits per heavy atom. The van der Waals surface area contributed by atoms with Crippen LogP contribution in [0.2, 0.25) is 0 Å². The van der Waals surface area contributed by atoms with Crippen LogP contribution in [0.25, 0.3) is 0 Å². The number of rotatable bonds is 6. The summed E-state index contributed by atoms with van der Waals surface area (Å²) in [7, 11) is -3.71. The Labute approximate surface area is 205 Å². The van der Waals surface area contributed by atoms with E-state index in [9.17, 15) is 31.1 Å².